The van der Waals surface area contributed by atoms with Crippen LogP contribution in [-0.2, 0) is 0 Å². The van der Waals surface area contributed by atoms with Crippen molar-refractivity contribution in [2.45, 2.75) is 26.2 Å². The Hall–Kier alpha value is -0.540. The molecule has 1 amide bonds. The zero-order chi connectivity index (χ0) is 13.1. The van der Waals surface area contributed by atoms with Crippen molar-refractivity contribution in [1.82, 2.24) is 4.90 Å². The van der Waals surface area contributed by atoms with Crippen LogP contribution in [0, 0.1) is 5.92 Å². The summed E-state index contributed by atoms with van der Waals surface area (Å²) in [5, 5.41) is 0.590. The number of hydrogen-bond donors (Lipinski definition) is 0. The molecule has 0 atom stereocenters. The molecule has 0 bridgehead atoms. The number of hydrogen-bond acceptors (Lipinski definition) is 1. The first kappa shape index (κ1) is 13.9. The van der Waals surface area contributed by atoms with E-state index in [9.17, 15) is 4.79 Å². The fraction of sp³-hybridized carbons (Fsp3) is 0.500. The van der Waals surface area contributed by atoms with E-state index in [4.69, 9.17) is 11.6 Å². The molecule has 1 aromatic carbocycles. The Kier molecular flexibility index (Phi) is 4.68. The molecule has 2 nitrogen and oxygen atoms in total. The molecule has 1 aliphatic rings. The molecule has 0 saturated heterocycles. The SMILES string of the molecule is CCN(CC1CCC1)C(=O)c1cc(Cl)cc(Br)c1. The Morgan fingerprint density at radius 3 is 2.67 bits per heavy atom. The van der Waals surface area contributed by atoms with Gasteiger partial charge in [0.15, 0.2) is 0 Å². The van der Waals surface area contributed by atoms with Crippen molar-refractivity contribution in [1.29, 1.82) is 0 Å². The van der Waals surface area contributed by atoms with Crippen molar-refractivity contribution < 1.29 is 4.79 Å². The first-order chi connectivity index (χ1) is 8.60. The number of rotatable bonds is 4. The number of benzene rings is 1. The van der Waals surface area contributed by atoms with Crippen molar-refractivity contribution >= 4 is 33.4 Å². The summed E-state index contributed by atoms with van der Waals surface area (Å²) in [4.78, 5) is 14.3. The summed E-state index contributed by atoms with van der Waals surface area (Å²) in [5.74, 6) is 0.768. The van der Waals surface area contributed by atoms with E-state index in [0.717, 1.165) is 17.6 Å². The van der Waals surface area contributed by atoms with Crippen molar-refractivity contribution in [3.63, 3.8) is 0 Å². The Morgan fingerprint density at radius 1 is 1.44 bits per heavy atom. The maximum Gasteiger partial charge on any atom is 0.253 e. The maximum absolute atomic E-state index is 12.4. The highest BCUT2D eigenvalue weighted by Gasteiger charge is 2.23. The molecule has 0 heterocycles. The highest BCUT2D eigenvalue weighted by molar-refractivity contribution is 9.10. The van der Waals surface area contributed by atoms with Crippen LogP contribution in [0.15, 0.2) is 22.7 Å². The van der Waals surface area contributed by atoms with E-state index < -0.39 is 0 Å². The van der Waals surface area contributed by atoms with Crippen LogP contribution in [0.3, 0.4) is 0 Å². The van der Waals surface area contributed by atoms with Crippen molar-refractivity contribution in [2.75, 3.05) is 13.1 Å². The van der Waals surface area contributed by atoms with Crippen LogP contribution >= 0.6 is 27.5 Å². The van der Waals surface area contributed by atoms with Gasteiger partial charge < -0.3 is 4.90 Å². The average molecular weight is 331 g/mol. The van der Waals surface area contributed by atoms with E-state index in [0.29, 0.717) is 16.5 Å². The maximum atomic E-state index is 12.4. The largest absolute Gasteiger partial charge is 0.339 e. The Bertz CT molecular complexity index is 425. The minimum Gasteiger partial charge on any atom is -0.339 e. The van der Waals surface area contributed by atoms with Gasteiger partial charge in [-0.1, -0.05) is 34.0 Å². The van der Waals surface area contributed by atoms with E-state index >= 15 is 0 Å². The van der Waals surface area contributed by atoms with Gasteiger partial charge in [0.2, 0.25) is 0 Å². The molecule has 18 heavy (non-hydrogen) atoms. The standard InChI is InChI=1S/C14H17BrClNO/c1-2-17(9-10-4-3-5-10)14(18)11-6-12(15)8-13(16)7-11/h6-8,10H,2-5,9H2,1H3. The first-order valence-corrected chi connectivity index (χ1v) is 7.52. The molecule has 0 N–H and O–H groups in total. The van der Waals surface area contributed by atoms with Gasteiger partial charge in [0.25, 0.3) is 5.91 Å². The van der Waals surface area contributed by atoms with Crippen LogP contribution in [0.5, 0.6) is 0 Å². The molecule has 2 rings (SSSR count). The fourth-order valence-corrected chi connectivity index (χ4v) is 3.06. The molecule has 0 radical (unpaired) electrons. The van der Waals surface area contributed by atoms with Crippen molar-refractivity contribution in [3.05, 3.63) is 33.3 Å². The molecular formula is C14H17BrClNO. The highest BCUT2D eigenvalue weighted by atomic mass is 79.9. The predicted octanol–water partition coefficient (Wildman–Crippen LogP) is 4.36. The minimum absolute atomic E-state index is 0.0765. The molecule has 0 unspecified atom stereocenters. The molecule has 1 fully saturated rings. The molecule has 0 spiro atoms. The number of carbonyl (C=O) groups excluding carboxylic acids is 1. The van der Waals surface area contributed by atoms with E-state index in [1.54, 1.807) is 12.1 Å². The molecule has 1 aliphatic carbocycles. The normalized spacial score (nSPS) is 15.3. The molecule has 1 aromatic rings. The fourth-order valence-electron chi connectivity index (χ4n) is 2.20. The van der Waals surface area contributed by atoms with Crippen LogP contribution in [0.1, 0.15) is 36.5 Å². The van der Waals surface area contributed by atoms with Crippen LogP contribution in [-0.4, -0.2) is 23.9 Å². The van der Waals surface area contributed by atoms with Gasteiger partial charge in [0, 0.05) is 28.1 Å². The van der Waals surface area contributed by atoms with Crippen LogP contribution in [0.25, 0.3) is 0 Å². The third-order valence-corrected chi connectivity index (χ3v) is 4.16. The highest BCUT2D eigenvalue weighted by Crippen LogP contribution is 2.28. The number of carbonyl (C=O) groups is 1. The van der Waals surface area contributed by atoms with Gasteiger partial charge in [-0.2, -0.15) is 0 Å². The van der Waals surface area contributed by atoms with Crippen LogP contribution < -0.4 is 0 Å². The molecule has 0 aliphatic heterocycles. The second-order valence-electron chi connectivity index (χ2n) is 4.80. The second kappa shape index (κ2) is 6.07. The van der Waals surface area contributed by atoms with Gasteiger partial charge in [0.05, 0.1) is 0 Å². The van der Waals surface area contributed by atoms with Crippen molar-refractivity contribution in [3.8, 4) is 0 Å². The minimum atomic E-state index is 0.0765. The van der Waals surface area contributed by atoms with Crippen LogP contribution in [0.2, 0.25) is 5.02 Å². The summed E-state index contributed by atoms with van der Waals surface area (Å²) in [7, 11) is 0. The van der Waals surface area contributed by atoms with Crippen LogP contribution in [0.4, 0.5) is 0 Å². The van der Waals surface area contributed by atoms with Crippen molar-refractivity contribution in [2.24, 2.45) is 5.92 Å². The molecule has 4 heteroatoms. The van der Waals surface area contributed by atoms with E-state index in [-0.39, 0.29) is 5.91 Å². The third kappa shape index (κ3) is 3.27. The number of nitrogens with zero attached hydrogens (tertiary/aromatic N) is 1. The summed E-state index contributed by atoms with van der Waals surface area (Å²) >= 11 is 9.36. The average Bonchev–Trinajstić information content (AvgIpc) is 2.26. The van der Waals surface area contributed by atoms with Gasteiger partial charge in [-0.3, -0.25) is 4.79 Å². The smallest absolute Gasteiger partial charge is 0.253 e. The zero-order valence-corrected chi connectivity index (χ0v) is 12.8. The van der Waals surface area contributed by atoms with E-state index in [1.807, 2.05) is 17.9 Å². The quantitative estimate of drug-likeness (QED) is 0.803. The molecule has 98 valence electrons. The first-order valence-electron chi connectivity index (χ1n) is 6.35. The molecular weight excluding hydrogens is 314 g/mol. The Morgan fingerprint density at radius 2 is 2.17 bits per heavy atom. The second-order valence-corrected chi connectivity index (χ2v) is 6.15. The zero-order valence-electron chi connectivity index (χ0n) is 10.5. The predicted molar refractivity (Wildman–Crippen MR) is 78.1 cm³/mol. The lowest BCUT2D eigenvalue weighted by atomic mass is 9.85. The summed E-state index contributed by atoms with van der Waals surface area (Å²) < 4.78 is 0.845. The van der Waals surface area contributed by atoms with E-state index in [1.165, 1.54) is 19.3 Å². The summed E-state index contributed by atoms with van der Waals surface area (Å²) in [6, 6.07) is 5.36. The monoisotopic (exact) mass is 329 g/mol. The molecule has 0 aromatic heterocycles. The summed E-state index contributed by atoms with van der Waals surface area (Å²) in [6.45, 7) is 3.65. The van der Waals surface area contributed by atoms with E-state index in [2.05, 4.69) is 15.9 Å². The van der Waals surface area contributed by atoms with Gasteiger partial charge in [-0.05, 0) is 43.9 Å². The Labute approximate surface area is 121 Å². The third-order valence-electron chi connectivity index (χ3n) is 3.48. The summed E-state index contributed by atoms with van der Waals surface area (Å²) in [6.07, 6.45) is 3.81. The van der Waals surface area contributed by atoms with Gasteiger partial charge in [-0.15, -0.1) is 0 Å². The number of amides is 1. The number of halogens is 2. The van der Waals surface area contributed by atoms with Gasteiger partial charge in [-0.25, -0.2) is 0 Å². The lowest BCUT2D eigenvalue weighted by Crippen LogP contribution is -2.37. The molecule has 1 saturated carbocycles. The summed E-state index contributed by atoms with van der Waals surface area (Å²) in [5.41, 5.74) is 0.663. The van der Waals surface area contributed by atoms with Gasteiger partial charge in [0.1, 0.15) is 0 Å². The van der Waals surface area contributed by atoms with Gasteiger partial charge >= 0.3 is 0 Å². The lowest BCUT2D eigenvalue weighted by molar-refractivity contribution is 0.0706. The Balaban J connectivity index is 2.11. The lowest BCUT2D eigenvalue weighted by Gasteiger charge is -2.31. The topological polar surface area (TPSA) is 20.3 Å².